The van der Waals surface area contributed by atoms with Gasteiger partial charge in [0.15, 0.2) is 0 Å². The Morgan fingerprint density at radius 3 is 2.32 bits per heavy atom. The highest BCUT2D eigenvalue weighted by Crippen LogP contribution is 2.36. The van der Waals surface area contributed by atoms with Gasteiger partial charge in [0.1, 0.15) is 15.7 Å². The number of nitrogens with one attached hydrogen (secondary N) is 3. The lowest BCUT2D eigenvalue weighted by Gasteiger charge is -2.07. The number of aromatic nitrogens is 2. The van der Waals surface area contributed by atoms with Gasteiger partial charge in [-0.15, -0.1) is 22.7 Å². The Balaban J connectivity index is 1.70. The highest BCUT2D eigenvalue weighted by atomic mass is 32.1. The number of amides is 2. The van der Waals surface area contributed by atoms with E-state index < -0.39 is 17.8 Å². The second kappa shape index (κ2) is 11.3. The Bertz CT molecular complexity index is 1590. The third-order valence-corrected chi connectivity index (χ3v) is 8.00. The third-order valence-electron chi connectivity index (χ3n) is 5.61. The van der Waals surface area contributed by atoms with Crippen LogP contribution in [0.4, 0.5) is 10.7 Å². The molecule has 0 aliphatic carbocycles. The Morgan fingerprint density at radius 1 is 1.00 bits per heavy atom. The van der Waals surface area contributed by atoms with E-state index in [1.54, 1.807) is 45.0 Å². The summed E-state index contributed by atoms with van der Waals surface area (Å²) in [5.74, 6) is -1.07. The van der Waals surface area contributed by atoms with E-state index in [1.165, 1.54) is 0 Å². The predicted octanol–water partition coefficient (Wildman–Crippen LogP) is 4.41. The first-order chi connectivity index (χ1) is 18.1. The van der Waals surface area contributed by atoms with Crippen LogP contribution in [0.25, 0.3) is 10.2 Å². The van der Waals surface area contributed by atoms with Gasteiger partial charge in [-0.05, 0) is 58.1 Å². The molecule has 0 spiro atoms. The fraction of sp³-hybridized carbons (Fsp3) is 0.269. The van der Waals surface area contributed by atoms with Gasteiger partial charge in [-0.25, -0.2) is 9.78 Å². The monoisotopic (exact) mass is 553 g/mol. The van der Waals surface area contributed by atoms with Gasteiger partial charge in [-0.1, -0.05) is 18.2 Å². The molecule has 10 nitrogen and oxygen atoms in total. The maximum atomic E-state index is 13.4. The molecular formula is C26H27N5O5S2. The number of carbonyl (C=O) groups is 3. The molecule has 0 unspecified atom stereocenters. The summed E-state index contributed by atoms with van der Waals surface area (Å²) in [6, 6.07) is 8.92. The summed E-state index contributed by atoms with van der Waals surface area (Å²) in [5.41, 5.74) is 1.28. The van der Waals surface area contributed by atoms with Crippen molar-refractivity contribution in [2.75, 3.05) is 31.3 Å². The molecule has 198 valence electrons. The molecule has 2 amide bonds. The van der Waals surface area contributed by atoms with Crippen LogP contribution in [0.5, 0.6) is 0 Å². The number of ether oxygens (including phenoxy) is 1. The molecule has 3 heterocycles. The van der Waals surface area contributed by atoms with Crippen LogP contribution in [-0.2, 0) is 11.3 Å². The van der Waals surface area contributed by atoms with Crippen LogP contribution < -0.4 is 16.2 Å². The normalized spacial score (nSPS) is 11.1. The van der Waals surface area contributed by atoms with Crippen LogP contribution in [0.1, 0.15) is 53.6 Å². The van der Waals surface area contributed by atoms with Gasteiger partial charge in [0, 0.05) is 5.69 Å². The Kier molecular flexibility index (Phi) is 8.05. The number of anilines is 2. The molecule has 0 bridgehead atoms. The molecule has 0 saturated carbocycles. The minimum atomic E-state index is -0.644. The lowest BCUT2D eigenvalue weighted by atomic mass is 10.1. The quantitative estimate of drug-likeness (QED) is 0.275. The zero-order valence-corrected chi connectivity index (χ0v) is 23.2. The zero-order chi connectivity index (χ0) is 27.6. The summed E-state index contributed by atoms with van der Waals surface area (Å²) >= 11 is 2.08. The lowest BCUT2D eigenvalue weighted by Crippen LogP contribution is -2.18. The number of rotatable bonds is 8. The van der Waals surface area contributed by atoms with Crippen molar-refractivity contribution < 1.29 is 19.1 Å². The minimum Gasteiger partial charge on any atom is -0.462 e. The van der Waals surface area contributed by atoms with Gasteiger partial charge in [-0.3, -0.25) is 14.4 Å². The molecule has 4 rings (SSSR count). The number of benzene rings is 1. The number of hydrogen-bond donors (Lipinski definition) is 3. The maximum absolute atomic E-state index is 13.4. The summed E-state index contributed by atoms with van der Waals surface area (Å²) in [5, 5.41) is 6.12. The number of fused-ring (bicyclic) bond motifs is 1. The largest absolute Gasteiger partial charge is 0.462 e. The number of hydrogen-bond acceptors (Lipinski definition) is 9. The van der Waals surface area contributed by atoms with Gasteiger partial charge in [0.25, 0.3) is 17.4 Å². The summed E-state index contributed by atoms with van der Waals surface area (Å²) < 4.78 is 5.21. The van der Waals surface area contributed by atoms with Gasteiger partial charge in [0.2, 0.25) is 0 Å². The Morgan fingerprint density at radius 2 is 1.66 bits per heavy atom. The van der Waals surface area contributed by atoms with Crippen molar-refractivity contribution in [3.05, 3.63) is 73.0 Å². The van der Waals surface area contributed by atoms with Gasteiger partial charge >= 0.3 is 5.97 Å². The Labute approximate surface area is 226 Å². The number of carbonyl (C=O) groups excluding carboxylic acids is 3. The SMILES string of the molecule is CCOC(=O)c1c(NC(=O)c2sc3nc(CN(C)C)[nH]c(=O)c3c2C)sc(C(=O)Nc2ccccc2)c1C. The molecule has 0 aliphatic rings. The van der Waals surface area contributed by atoms with Gasteiger partial charge in [0.05, 0.1) is 33.9 Å². The van der Waals surface area contributed by atoms with Gasteiger partial charge < -0.3 is 25.3 Å². The maximum Gasteiger partial charge on any atom is 0.341 e. The van der Waals surface area contributed by atoms with Crippen LogP contribution >= 0.6 is 22.7 Å². The van der Waals surface area contributed by atoms with Crippen LogP contribution in [0.3, 0.4) is 0 Å². The van der Waals surface area contributed by atoms with Crippen molar-refractivity contribution in [3.63, 3.8) is 0 Å². The molecule has 0 fully saturated rings. The minimum absolute atomic E-state index is 0.117. The van der Waals surface area contributed by atoms with Crippen molar-refractivity contribution in [1.29, 1.82) is 0 Å². The smallest absolute Gasteiger partial charge is 0.341 e. The van der Waals surface area contributed by atoms with E-state index >= 15 is 0 Å². The summed E-state index contributed by atoms with van der Waals surface area (Å²) in [4.78, 5) is 62.2. The number of thiophene rings is 2. The third kappa shape index (κ3) is 5.52. The second-order valence-corrected chi connectivity index (χ2v) is 10.8. The molecule has 38 heavy (non-hydrogen) atoms. The molecule has 1 aromatic carbocycles. The fourth-order valence-corrected chi connectivity index (χ4v) is 6.10. The molecule has 4 aromatic rings. The first-order valence-corrected chi connectivity index (χ1v) is 13.4. The van der Waals surface area contributed by atoms with Crippen molar-refractivity contribution >= 4 is 61.4 Å². The number of para-hydroxylation sites is 1. The number of nitrogens with zero attached hydrogens (tertiary/aromatic N) is 2. The average Bonchev–Trinajstić information content (AvgIpc) is 3.36. The molecule has 12 heteroatoms. The number of H-pyrrole nitrogens is 1. The molecule has 0 radical (unpaired) electrons. The van der Waals surface area contributed by atoms with Crippen molar-refractivity contribution in [3.8, 4) is 0 Å². The predicted molar refractivity (Wildman–Crippen MR) is 150 cm³/mol. The summed E-state index contributed by atoms with van der Waals surface area (Å²) in [7, 11) is 3.72. The van der Waals surface area contributed by atoms with E-state index in [-0.39, 0.29) is 32.5 Å². The second-order valence-electron chi connectivity index (χ2n) is 8.74. The highest BCUT2D eigenvalue weighted by molar-refractivity contribution is 7.21. The first kappa shape index (κ1) is 27.2. The van der Waals surface area contributed by atoms with E-state index in [4.69, 9.17) is 4.74 Å². The summed E-state index contributed by atoms with van der Waals surface area (Å²) in [6.07, 6.45) is 0. The highest BCUT2D eigenvalue weighted by Gasteiger charge is 2.28. The van der Waals surface area contributed by atoms with E-state index in [9.17, 15) is 19.2 Å². The molecule has 0 atom stereocenters. The number of esters is 1. The average molecular weight is 554 g/mol. The summed E-state index contributed by atoms with van der Waals surface area (Å²) in [6.45, 7) is 5.57. The lowest BCUT2D eigenvalue weighted by molar-refractivity contribution is 0.0527. The van der Waals surface area contributed by atoms with E-state index in [2.05, 4.69) is 20.6 Å². The molecule has 0 saturated heterocycles. The standard InChI is InChI=1S/C26H27N5O5S2/c1-6-36-26(35)18-14(3)20(22(33)27-15-10-8-7-9-11-15)38-25(18)30-23(34)19-13(2)17-21(32)28-16(12-31(4)5)29-24(17)37-19/h7-11H,6,12H2,1-5H3,(H,27,33)(H,30,34)(H,28,29,32). The van der Waals surface area contributed by atoms with Crippen molar-refractivity contribution in [1.82, 2.24) is 14.9 Å². The number of aryl methyl sites for hydroxylation is 1. The topological polar surface area (TPSA) is 133 Å². The fourth-order valence-electron chi connectivity index (χ4n) is 3.92. The molecule has 3 N–H and O–H groups in total. The molecular weight excluding hydrogens is 526 g/mol. The molecule has 3 aromatic heterocycles. The van der Waals surface area contributed by atoms with Crippen LogP contribution in [0.15, 0.2) is 35.1 Å². The van der Waals surface area contributed by atoms with Crippen molar-refractivity contribution in [2.24, 2.45) is 0 Å². The number of aromatic amines is 1. The first-order valence-electron chi connectivity index (χ1n) is 11.8. The molecule has 0 aliphatic heterocycles. The van der Waals surface area contributed by atoms with E-state index in [0.717, 1.165) is 22.7 Å². The van der Waals surface area contributed by atoms with Crippen LogP contribution in [-0.4, -0.2) is 53.4 Å². The van der Waals surface area contributed by atoms with E-state index in [1.807, 2.05) is 25.1 Å². The van der Waals surface area contributed by atoms with Gasteiger partial charge in [-0.2, -0.15) is 0 Å². The van der Waals surface area contributed by atoms with Crippen LogP contribution in [0.2, 0.25) is 0 Å². The van der Waals surface area contributed by atoms with Crippen molar-refractivity contribution in [2.45, 2.75) is 27.3 Å². The Hall–Kier alpha value is -3.87. The zero-order valence-electron chi connectivity index (χ0n) is 21.6. The van der Waals surface area contributed by atoms with Crippen LogP contribution in [0, 0.1) is 13.8 Å². The van der Waals surface area contributed by atoms with E-state index in [0.29, 0.717) is 39.4 Å².